The van der Waals surface area contributed by atoms with Gasteiger partial charge in [-0.15, -0.1) is 22.7 Å². The molecule has 0 amide bonds. The molecule has 6 nitrogen and oxygen atoms in total. The molecule has 104 heavy (non-hydrogen) atoms. The van der Waals surface area contributed by atoms with E-state index in [0.717, 1.165) is 120 Å². The Morgan fingerprint density at radius 2 is 0.587 bits per heavy atom. The largest absolute Gasteiger partial charge is 0.457 e. The molecule has 504 valence electrons. The Balaban J connectivity index is 0.965. The van der Waals surface area contributed by atoms with Crippen LogP contribution in [0.25, 0.3) is 20.2 Å². The van der Waals surface area contributed by atoms with Crippen LogP contribution in [0.15, 0.2) is 176 Å². The van der Waals surface area contributed by atoms with Crippen LogP contribution in [-0.2, 0) is 0 Å². The number of aryl methyl sites for hydroxylation is 3. The van der Waals surface area contributed by atoms with Crippen LogP contribution in [0.4, 0.5) is 147 Å². The molecule has 0 aliphatic carbocycles. The number of fused-ring (bicyclic) bond motifs is 16. The van der Waals surface area contributed by atoms with Crippen LogP contribution in [0.5, 0.6) is 11.5 Å². The van der Waals surface area contributed by atoms with Crippen molar-refractivity contribution < 1.29 is 66.2 Å². The van der Waals surface area contributed by atoms with Crippen molar-refractivity contribution in [2.45, 2.75) is 20.8 Å². The summed E-state index contributed by atoms with van der Waals surface area (Å²) in [6, 6.07) is 35.5. The van der Waals surface area contributed by atoms with Crippen molar-refractivity contribution in [2.75, 3.05) is 24.5 Å². The summed E-state index contributed by atoms with van der Waals surface area (Å²) in [5.41, 5.74) is -0.885. The molecule has 0 radical (unpaired) electrons. The van der Waals surface area contributed by atoms with E-state index in [9.17, 15) is 0 Å². The summed E-state index contributed by atoms with van der Waals surface area (Å²) in [4.78, 5) is 6.31. The van der Waals surface area contributed by atoms with E-state index in [0.29, 0.717) is 39.1 Å². The third-order valence-corrected chi connectivity index (χ3v) is 23.0. The minimum Gasteiger partial charge on any atom is -0.457 e. The lowest BCUT2D eigenvalue weighted by atomic mass is 9.30. The van der Waals surface area contributed by atoms with E-state index >= 15 is 61.5 Å². The van der Waals surface area contributed by atoms with E-state index in [4.69, 9.17) is 4.74 Å². The average Bonchev–Trinajstić information content (AvgIpc) is 0.929. The third kappa shape index (κ3) is 8.38. The van der Waals surface area contributed by atoms with Crippen molar-refractivity contribution in [3.63, 3.8) is 0 Å². The highest BCUT2D eigenvalue weighted by Gasteiger charge is 2.54. The molecule has 0 saturated carbocycles. The number of hydrogen-bond acceptors (Lipinski definition) is 8. The van der Waals surface area contributed by atoms with Gasteiger partial charge in [-0.05, 0) is 197 Å². The van der Waals surface area contributed by atoms with Crippen LogP contribution in [0, 0.1) is 102 Å². The van der Waals surface area contributed by atoms with Crippen molar-refractivity contribution >= 4 is 196 Å². The van der Waals surface area contributed by atoms with E-state index in [1.807, 2.05) is 0 Å². The topological polar surface area (TPSA) is 25.4 Å². The predicted molar refractivity (Wildman–Crippen MR) is 385 cm³/mol. The number of anilines is 15. The number of hydrogen-bond donors (Lipinski definition) is 0. The summed E-state index contributed by atoms with van der Waals surface area (Å²) in [5.74, 6) is -14.8. The molecule has 6 aliphatic rings. The zero-order valence-electron chi connectivity index (χ0n) is 53.7. The van der Waals surface area contributed by atoms with Crippen LogP contribution in [0.2, 0.25) is 0 Å². The second kappa shape index (κ2) is 21.8. The number of rotatable bonds is 5. The predicted octanol–water partition coefficient (Wildman–Crippen LogP) is 17.6. The first-order valence-electron chi connectivity index (χ1n) is 32.6. The first-order valence-corrected chi connectivity index (χ1v) is 34.3. The molecule has 6 aliphatic heterocycles. The normalized spacial score (nSPS) is 13.9. The molecular weight excluding hydrogens is 1400 g/mol. The van der Waals surface area contributed by atoms with E-state index in [1.54, 1.807) is 69.3 Å². The number of halogens is 14. The quantitative estimate of drug-likeness (QED) is 0.126. The van der Waals surface area contributed by atoms with Crippen LogP contribution in [-0.4, -0.2) is 20.1 Å². The number of ether oxygens (including phenoxy) is 1. The zero-order chi connectivity index (χ0) is 71.4. The van der Waals surface area contributed by atoms with Gasteiger partial charge in [0.1, 0.15) is 121 Å². The summed E-state index contributed by atoms with van der Waals surface area (Å²) >= 11 is 1.86. The lowest BCUT2D eigenvalue weighted by Crippen LogP contribution is -2.66. The molecule has 20 rings (SSSR count). The second-order valence-corrected chi connectivity index (χ2v) is 28.8. The smallest absolute Gasteiger partial charge is 0.268 e. The van der Waals surface area contributed by atoms with Gasteiger partial charge >= 0.3 is 0 Å². The van der Waals surface area contributed by atoms with Gasteiger partial charge in [0.15, 0.2) is 0 Å². The highest BCUT2D eigenvalue weighted by atomic mass is 32.1. The van der Waals surface area contributed by atoms with Crippen LogP contribution < -0.4 is 77.0 Å². The Labute approximate surface area is 589 Å². The molecule has 0 atom stereocenters. The molecule has 0 saturated heterocycles. The monoisotopic (exact) mass is 1440 g/mol. The highest BCUT2D eigenvalue weighted by Crippen LogP contribution is 2.55. The maximum absolute atomic E-state index is 17.7. The van der Waals surface area contributed by atoms with Gasteiger partial charge < -0.3 is 29.2 Å². The molecule has 0 N–H and O–H groups in total. The molecule has 0 bridgehead atoms. The van der Waals surface area contributed by atoms with Gasteiger partial charge in [0.2, 0.25) is 0 Å². The molecule has 8 heterocycles. The summed E-state index contributed by atoms with van der Waals surface area (Å²) in [6.45, 7) is 1.23. The van der Waals surface area contributed by atoms with Crippen molar-refractivity contribution in [1.82, 2.24) is 0 Å². The number of benzene rings is 12. The fourth-order valence-corrected chi connectivity index (χ4v) is 19.5. The Morgan fingerprint density at radius 3 is 0.990 bits per heavy atom. The molecule has 0 unspecified atom stereocenters. The average molecular weight is 1440 g/mol. The molecule has 14 aromatic rings. The van der Waals surface area contributed by atoms with Crippen molar-refractivity contribution in [3.8, 4) is 11.5 Å². The van der Waals surface area contributed by atoms with Crippen LogP contribution in [0.3, 0.4) is 0 Å². The van der Waals surface area contributed by atoms with E-state index in [2.05, 4.69) is 0 Å². The Bertz CT molecular complexity index is 6210. The Hall–Kier alpha value is -11.4. The Morgan fingerprint density at radius 1 is 0.279 bits per heavy atom. The Kier molecular flexibility index (Phi) is 13.1. The first kappa shape index (κ1) is 62.4. The number of nitrogens with zero attached hydrogens (tertiary/aromatic N) is 5. The highest BCUT2D eigenvalue weighted by molar-refractivity contribution is 7.34. The minimum atomic E-state index is -1.34. The molecular formula is C79H38B3F14N5OS2. The SMILES string of the molecule is Cc1cc2c3c(c1)N(c1c(F)cccc1F)c1cc4c(cc1B3c1sc3cc(F)cc(F)c3c1O2)B1c2cc3c(cc2N(c2c(F)cccc2F)c2cc(C)cc(c21)N4c1c(F)cccc1F)N(c1c(F)cccc1F)c1cc(C)cc2c1B3c1sc3cc(F)cc(F)c3c1N2c1c(F)cccc1F. The van der Waals surface area contributed by atoms with Gasteiger partial charge in [0.05, 0.1) is 16.5 Å². The molecule has 2 aromatic heterocycles. The molecule has 12 aromatic carbocycles. The number of para-hydroxylation sites is 5. The van der Waals surface area contributed by atoms with Crippen molar-refractivity contribution in [1.29, 1.82) is 0 Å². The second-order valence-electron chi connectivity index (χ2n) is 26.6. The van der Waals surface area contributed by atoms with Gasteiger partial charge in [-0.1, -0.05) is 42.5 Å². The molecule has 25 heteroatoms. The first-order chi connectivity index (χ1) is 50.1. The third-order valence-electron chi connectivity index (χ3n) is 20.6. The number of thiophene rings is 2. The fourth-order valence-electron chi connectivity index (χ4n) is 16.9. The fraction of sp³-hybridized carbons (Fsp3) is 0.0380. The van der Waals surface area contributed by atoms with Gasteiger partial charge in [0, 0.05) is 82.3 Å². The van der Waals surface area contributed by atoms with Crippen LogP contribution >= 0.6 is 22.7 Å². The summed E-state index contributed by atoms with van der Waals surface area (Å²) in [7, 11) is 0. The standard InChI is InChI=1S/C79H38B3F14N5OS2/c1-33-19-58-68-59(20-33)98(72-44(87)11-5-12-45(72)88)55-32-57-41(82-70-62(100(57)74-48(91)15-7-16-49(74)92)23-35(3)24-63(70)102-77-67-53(96)26-37(84)28-65(67)104-79(77)82)30-39(55)80(68)38-29-40-56(31-54(38)97(58)71-42(85)9-4-10-43(71)86)99(73-46(89)13-6-14-47(73)90)60-21-34(2)22-61-69(60)81(40)78-76(66-52(95)25-36(83)27-64(66)103-78)101(61)75-50(93)17-8-18-51(75)94/h4-32H,1-3H3. The van der Waals surface area contributed by atoms with E-state index in [-0.39, 0.29) is 126 Å². The molecule has 0 spiro atoms. The minimum absolute atomic E-state index is 0.00111. The van der Waals surface area contributed by atoms with Gasteiger partial charge in [0.25, 0.3) is 20.1 Å². The van der Waals surface area contributed by atoms with Crippen molar-refractivity contribution in [2.24, 2.45) is 0 Å². The lowest BCUT2D eigenvalue weighted by molar-refractivity contribution is 0.491. The molecule has 0 fully saturated rings. The van der Waals surface area contributed by atoms with Crippen molar-refractivity contribution in [3.05, 3.63) is 274 Å². The van der Waals surface area contributed by atoms with Crippen LogP contribution in [0.1, 0.15) is 16.7 Å². The maximum atomic E-state index is 17.7. The van der Waals surface area contributed by atoms with E-state index < -0.39 is 130 Å². The van der Waals surface area contributed by atoms with Gasteiger partial charge in [-0.2, -0.15) is 0 Å². The van der Waals surface area contributed by atoms with E-state index in [1.165, 1.54) is 42.7 Å². The maximum Gasteiger partial charge on any atom is 0.268 e. The zero-order valence-corrected chi connectivity index (χ0v) is 55.4. The van der Waals surface area contributed by atoms with Gasteiger partial charge in [-0.3, -0.25) is 0 Å². The summed E-state index contributed by atoms with van der Waals surface area (Å²) < 4.78 is 247. The summed E-state index contributed by atoms with van der Waals surface area (Å²) in [6.07, 6.45) is 0. The van der Waals surface area contributed by atoms with Gasteiger partial charge in [-0.25, -0.2) is 61.5 Å². The summed E-state index contributed by atoms with van der Waals surface area (Å²) in [5, 5.41) is -0.328. The lowest BCUT2D eigenvalue weighted by Gasteiger charge is -2.47.